The molecule has 9 heavy (non-hydrogen) atoms. The minimum Gasteiger partial charge on any atom is -0.266 e. The lowest BCUT2D eigenvalue weighted by atomic mass is 10.3. The Balaban J connectivity index is 4.19. The molecule has 0 fully saturated rings. The van der Waals surface area contributed by atoms with E-state index >= 15 is 0 Å². The van der Waals surface area contributed by atoms with Crippen LogP contribution in [0.5, 0.6) is 0 Å². The monoisotopic (exact) mass is 160 g/mol. The molecular formula is C3H2ClF3NO. The molecule has 0 spiro atoms. The van der Waals surface area contributed by atoms with Crippen LogP contribution in [0.1, 0.15) is 0 Å². The highest BCUT2D eigenvalue weighted by molar-refractivity contribution is 6.21. The van der Waals surface area contributed by atoms with Gasteiger partial charge in [0.1, 0.15) is 0 Å². The van der Waals surface area contributed by atoms with Crippen molar-refractivity contribution in [3.05, 3.63) is 0 Å². The summed E-state index contributed by atoms with van der Waals surface area (Å²) in [6, 6.07) is 0. The maximum Gasteiger partial charge on any atom is 0.370 e. The minimum atomic E-state index is -4.37. The van der Waals surface area contributed by atoms with Gasteiger partial charge in [0.15, 0.2) is 0 Å². The molecule has 1 unspecified atom stereocenters. The van der Waals surface area contributed by atoms with Gasteiger partial charge in [-0.1, -0.05) is 11.6 Å². The highest BCUT2D eigenvalue weighted by Gasteiger charge is 2.46. The van der Waals surface area contributed by atoms with Crippen molar-refractivity contribution in [1.29, 1.82) is 0 Å². The van der Waals surface area contributed by atoms with Gasteiger partial charge in [-0.3, -0.25) is 10.5 Å². The van der Waals surface area contributed by atoms with Gasteiger partial charge in [-0.15, -0.1) is 0 Å². The van der Waals surface area contributed by atoms with Gasteiger partial charge in [0, 0.05) is 0 Å². The molecule has 0 aromatic carbocycles. The average Bonchev–Trinajstić information content (AvgIpc) is 1.65. The van der Waals surface area contributed by atoms with E-state index in [4.69, 9.17) is 5.73 Å². The van der Waals surface area contributed by atoms with E-state index in [-0.39, 0.29) is 0 Å². The highest BCUT2D eigenvalue weighted by atomic mass is 35.5. The van der Waals surface area contributed by atoms with E-state index in [1.807, 2.05) is 0 Å². The maximum atomic E-state index is 11.6. The predicted octanol–water partition coefficient (Wildman–Crippen LogP) is 0.966. The number of hydrogen-bond donors (Lipinski definition) is 0. The van der Waals surface area contributed by atoms with E-state index in [2.05, 4.69) is 11.6 Å². The summed E-state index contributed by atoms with van der Waals surface area (Å²) in [7, 11) is 0. The minimum absolute atomic E-state index is 2.31. The third-order valence-corrected chi connectivity index (χ3v) is 0.851. The summed E-state index contributed by atoms with van der Waals surface area (Å²) < 4.78 is 34.7. The molecule has 53 valence electrons. The van der Waals surface area contributed by atoms with Crippen molar-refractivity contribution in [2.75, 3.05) is 0 Å². The van der Waals surface area contributed by atoms with E-state index in [9.17, 15) is 18.0 Å². The third kappa shape index (κ3) is 1.74. The van der Waals surface area contributed by atoms with Crippen molar-refractivity contribution in [1.82, 2.24) is 5.73 Å². The largest absolute Gasteiger partial charge is 0.370 e. The first-order valence-electron chi connectivity index (χ1n) is 1.81. The number of carbonyl (C=O) groups is 1. The Kier molecular flexibility index (Phi) is 2.31. The second kappa shape index (κ2) is 2.43. The van der Waals surface area contributed by atoms with Gasteiger partial charge in [-0.25, -0.2) is 4.39 Å². The van der Waals surface area contributed by atoms with Crippen LogP contribution in [-0.2, 0) is 4.79 Å². The molecular weight excluding hydrogens is 158 g/mol. The molecule has 1 amide bonds. The standard InChI is InChI=1S/C3H2ClF3NO/c4-1(5)3(6,7)2(8)9/h1,8H. The summed E-state index contributed by atoms with van der Waals surface area (Å²) in [6.07, 6.45) is 0. The highest BCUT2D eigenvalue weighted by Crippen LogP contribution is 2.23. The predicted molar refractivity (Wildman–Crippen MR) is 23.8 cm³/mol. The van der Waals surface area contributed by atoms with Crippen LogP contribution in [0, 0.1) is 0 Å². The zero-order valence-electron chi connectivity index (χ0n) is 4.00. The lowest BCUT2D eigenvalue weighted by molar-refractivity contribution is -0.147. The molecule has 1 radical (unpaired) electrons. The van der Waals surface area contributed by atoms with Crippen LogP contribution in [-0.4, -0.2) is 17.5 Å². The Hall–Kier alpha value is -0.450. The van der Waals surface area contributed by atoms with E-state index in [1.165, 1.54) is 0 Å². The molecule has 0 aliphatic rings. The first-order valence-corrected chi connectivity index (χ1v) is 2.24. The topological polar surface area (TPSA) is 40.9 Å². The van der Waals surface area contributed by atoms with E-state index in [1.54, 1.807) is 0 Å². The second-order valence-corrected chi connectivity index (χ2v) is 1.64. The summed E-state index contributed by atoms with van der Waals surface area (Å²) in [4.78, 5) is 9.50. The zero-order chi connectivity index (χ0) is 7.65. The van der Waals surface area contributed by atoms with Gasteiger partial charge in [-0.2, -0.15) is 8.78 Å². The van der Waals surface area contributed by atoms with E-state index in [0.29, 0.717) is 0 Å². The van der Waals surface area contributed by atoms with Gasteiger partial charge >= 0.3 is 11.8 Å². The van der Waals surface area contributed by atoms with Crippen LogP contribution in [0.2, 0.25) is 0 Å². The van der Waals surface area contributed by atoms with Crippen LogP contribution in [0.4, 0.5) is 13.2 Å². The van der Waals surface area contributed by atoms with Crippen molar-refractivity contribution >= 4 is 17.5 Å². The lowest BCUT2D eigenvalue weighted by Crippen LogP contribution is -2.36. The number of alkyl halides is 4. The molecule has 0 aromatic rings. The summed E-state index contributed by atoms with van der Waals surface area (Å²) in [5, 5.41) is 0. The average molecular weight is 161 g/mol. The Morgan fingerprint density at radius 2 is 2.00 bits per heavy atom. The van der Waals surface area contributed by atoms with Gasteiger partial charge in [0.2, 0.25) is 5.63 Å². The molecule has 0 saturated carbocycles. The summed E-state index contributed by atoms with van der Waals surface area (Å²) >= 11 is 4.21. The van der Waals surface area contributed by atoms with Crippen molar-refractivity contribution < 1.29 is 18.0 Å². The SMILES string of the molecule is [NH]C(=O)C(F)(F)C(F)Cl. The summed E-state index contributed by atoms with van der Waals surface area (Å²) in [6.45, 7) is 0. The summed E-state index contributed by atoms with van der Waals surface area (Å²) in [5.74, 6) is -6.69. The Labute approximate surface area is 53.8 Å². The second-order valence-electron chi connectivity index (χ2n) is 1.25. The summed E-state index contributed by atoms with van der Waals surface area (Å²) in [5.41, 5.74) is 2.69. The number of carbonyl (C=O) groups excluding carboxylic acids is 1. The zero-order valence-corrected chi connectivity index (χ0v) is 4.75. The van der Waals surface area contributed by atoms with Gasteiger partial charge in [-0.05, 0) is 0 Å². The Morgan fingerprint density at radius 3 is 2.00 bits per heavy atom. The molecule has 0 heterocycles. The normalized spacial score (nSPS) is 15.1. The smallest absolute Gasteiger partial charge is 0.266 e. The van der Waals surface area contributed by atoms with Gasteiger partial charge in [0.05, 0.1) is 0 Å². The Bertz CT molecular complexity index is 126. The molecule has 1 atom stereocenters. The fraction of sp³-hybridized carbons (Fsp3) is 0.667. The molecule has 0 aromatic heterocycles. The van der Waals surface area contributed by atoms with E-state index < -0.39 is 17.5 Å². The van der Waals surface area contributed by atoms with Crippen molar-refractivity contribution in [3.8, 4) is 0 Å². The molecule has 0 aliphatic carbocycles. The fourth-order valence-corrected chi connectivity index (χ4v) is 0.198. The molecule has 0 bridgehead atoms. The molecule has 2 nitrogen and oxygen atoms in total. The van der Waals surface area contributed by atoms with Crippen molar-refractivity contribution in [2.24, 2.45) is 0 Å². The van der Waals surface area contributed by atoms with Crippen LogP contribution in [0.25, 0.3) is 0 Å². The van der Waals surface area contributed by atoms with Crippen LogP contribution < -0.4 is 5.73 Å². The van der Waals surface area contributed by atoms with Gasteiger partial charge < -0.3 is 0 Å². The van der Waals surface area contributed by atoms with Crippen LogP contribution in [0.3, 0.4) is 0 Å². The number of amides is 1. The lowest BCUT2D eigenvalue weighted by Gasteiger charge is -2.09. The first kappa shape index (κ1) is 8.55. The molecule has 0 aliphatic heterocycles. The van der Waals surface area contributed by atoms with Crippen LogP contribution >= 0.6 is 11.6 Å². The number of nitrogens with one attached hydrogen (secondary N) is 1. The molecule has 1 N–H and O–H groups in total. The fourth-order valence-electron chi connectivity index (χ4n) is 0.0991. The maximum absolute atomic E-state index is 11.6. The molecule has 6 heteroatoms. The quantitative estimate of drug-likeness (QED) is 0.555. The molecule has 0 rings (SSSR count). The van der Waals surface area contributed by atoms with Gasteiger partial charge in [0.25, 0.3) is 0 Å². The van der Waals surface area contributed by atoms with Crippen LogP contribution in [0.15, 0.2) is 0 Å². The first-order chi connectivity index (χ1) is 3.89. The van der Waals surface area contributed by atoms with Crippen molar-refractivity contribution in [2.45, 2.75) is 11.6 Å². The van der Waals surface area contributed by atoms with Crippen molar-refractivity contribution in [3.63, 3.8) is 0 Å². The molecule has 0 saturated heterocycles. The van der Waals surface area contributed by atoms with E-state index in [0.717, 1.165) is 0 Å². The number of halogens is 4. The Morgan fingerprint density at radius 1 is 1.67 bits per heavy atom. The number of hydrogen-bond acceptors (Lipinski definition) is 1. The third-order valence-electron chi connectivity index (χ3n) is 0.577. The number of rotatable bonds is 2.